The molecular weight excluding hydrogens is 349 g/mol. The highest BCUT2D eigenvalue weighted by atomic mass is 79.9. The van der Waals surface area contributed by atoms with Gasteiger partial charge in [0, 0.05) is 16.1 Å². The molecule has 1 heterocycles. The Bertz CT molecular complexity index is 746. The molecule has 6 heteroatoms. The SMILES string of the molecule is O=C1CC(c2cc(F)c(F)cc2F)Oc2cc(Br)ccc21. The van der Waals surface area contributed by atoms with Gasteiger partial charge in [-0.05, 0) is 24.3 Å². The Hall–Kier alpha value is -1.82. The van der Waals surface area contributed by atoms with E-state index in [1.165, 1.54) is 0 Å². The Kier molecular flexibility index (Phi) is 3.49. The Balaban J connectivity index is 2.03. The normalized spacial score (nSPS) is 17.3. The van der Waals surface area contributed by atoms with Crippen LogP contribution >= 0.6 is 15.9 Å². The van der Waals surface area contributed by atoms with Crippen LogP contribution in [0.25, 0.3) is 0 Å². The summed E-state index contributed by atoms with van der Waals surface area (Å²) in [4.78, 5) is 12.1. The molecular formula is C15H8BrF3O2. The lowest BCUT2D eigenvalue weighted by atomic mass is 9.96. The maximum Gasteiger partial charge on any atom is 0.170 e. The molecule has 0 bridgehead atoms. The average Bonchev–Trinajstić information content (AvgIpc) is 2.42. The van der Waals surface area contributed by atoms with Gasteiger partial charge in [-0.15, -0.1) is 0 Å². The molecule has 0 spiro atoms. The summed E-state index contributed by atoms with van der Waals surface area (Å²) in [6, 6.07) is 6.05. The fraction of sp³-hybridized carbons (Fsp3) is 0.133. The van der Waals surface area contributed by atoms with Gasteiger partial charge in [0.15, 0.2) is 17.4 Å². The van der Waals surface area contributed by atoms with E-state index in [9.17, 15) is 18.0 Å². The fourth-order valence-electron chi connectivity index (χ4n) is 2.26. The second kappa shape index (κ2) is 5.18. The summed E-state index contributed by atoms with van der Waals surface area (Å²) in [5.41, 5.74) is 0.213. The zero-order valence-corrected chi connectivity index (χ0v) is 12.1. The first kappa shape index (κ1) is 14.1. The van der Waals surface area contributed by atoms with Gasteiger partial charge in [-0.25, -0.2) is 13.2 Å². The van der Waals surface area contributed by atoms with Crippen LogP contribution < -0.4 is 4.74 Å². The Labute approximate surface area is 126 Å². The maximum absolute atomic E-state index is 13.8. The molecule has 2 aromatic carbocycles. The number of fused-ring (bicyclic) bond motifs is 1. The molecule has 0 aromatic heterocycles. The van der Waals surface area contributed by atoms with Crippen LogP contribution in [0.15, 0.2) is 34.8 Å². The first-order valence-electron chi connectivity index (χ1n) is 6.09. The number of hydrogen-bond donors (Lipinski definition) is 0. The third-order valence-corrected chi connectivity index (χ3v) is 3.76. The number of carbonyl (C=O) groups is 1. The van der Waals surface area contributed by atoms with Crippen molar-refractivity contribution in [2.75, 3.05) is 0 Å². The lowest BCUT2D eigenvalue weighted by Crippen LogP contribution is -2.21. The molecule has 0 saturated carbocycles. The highest BCUT2D eigenvalue weighted by Gasteiger charge is 2.30. The summed E-state index contributed by atoms with van der Waals surface area (Å²) in [6.45, 7) is 0. The molecule has 2 nitrogen and oxygen atoms in total. The number of carbonyl (C=O) groups excluding carboxylic acids is 1. The predicted octanol–water partition coefficient (Wildman–Crippen LogP) is 4.57. The topological polar surface area (TPSA) is 26.3 Å². The molecule has 0 aliphatic carbocycles. The molecule has 0 radical (unpaired) electrons. The van der Waals surface area contributed by atoms with E-state index in [0.717, 1.165) is 6.07 Å². The van der Waals surface area contributed by atoms with Crippen LogP contribution in [0.4, 0.5) is 13.2 Å². The van der Waals surface area contributed by atoms with Crippen molar-refractivity contribution in [3.8, 4) is 5.75 Å². The summed E-state index contributed by atoms with van der Waals surface area (Å²) < 4.78 is 46.3. The van der Waals surface area contributed by atoms with Gasteiger partial charge in [0.1, 0.15) is 17.7 Å². The van der Waals surface area contributed by atoms with E-state index in [1.54, 1.807) is 18.2 Å². The van der Waals surface area contributed by atoms with Crippen LogP contribution in [-0.4, -0.2) is 5.78 Å². The molecule has 0 amide bonds. The van der Waals surface area contributed by atoms with E-state index < -0.39 is 23.6 Å². The van der Waals surface area contributed by atoms with Crippen molar-refractivity contribution < 1.29 is 22.7 Å². The van der Waals surface area contributed by atoms with Gasteiger partial charge in [-0.1, -0.05) is 15.9 Å². The number of Topliss-reactive ketones (excluding diaryl/α,β-unsaturated/α-hetero) is 1. The first-order chi connectivity index (χ1) is 9.95. The minimum absolute atomic E-state index is 0.128. The molecule has 108 valence electrons. The maximum atomic E-state index is 13.8. The van der Waals surface area contributed by atoms with Crippen molar-refractivity contribution in [2.24, 2.45) is 0 Å². The number of ether oxygens (including phenoxy) is 1. The molecule has 0 saturated heterocycles. The van der Waals surface area contributed by atoms with Crippen LogP contribution in [0.1, 0.15) is 28.4 Å². The number of ketones is 1. The molecule has 21 heavy (non-hydrogen) atoms. The van der Waals surface area contributed by atoms with Gasteiger partial charge in [-0.3, -0.25) is 4.79 Å². The summed E-state index contributed by atoms with van der Waals surface area (Å²) in [6.07, 6.45) is -1.11. The molecule has 3 rings (SSSR count). The highest BCUT2D eigenvalue weighted by Crippen LogP contribution is 2.37. The van der Waals surface area contributed by atoms with Gasteiger partial charge in [0.2, 0.25) is 0 Å². The smallest absolute Gasteiger partial charge is 0.170 e. The van der Waals surface area contributed by atoms with Crippen LogP contribution in [0, 0.1) is 17.5 Å². The molecule has 1 atom stereocenters. The summed E-state index contributed by atoms with van der Waals surface area (Å²) in [5, 5.41) is 0. The molecule has 1 aliphatic rings. The van der Waals surface area contributed by atoms with E-state index >= 15 is 0 Å². The molecule has 1 unspecified atom stereocenters. The van der Waals surface area contributed by atoms with E-state index in [1.807, 2.05) is 0 Å². The van der Waals surface area contributed by atoms with Gasteiger partial charge < -0.3 is 4.74 Å². The van der Waals surface area contributed by atoms with Gasteiger partial charge >= 0.3 is 0 Å². The zero-order valence-electron chi connectivity index (χ0n) is 10.5. The standard InChI is InChI=1S/C15H8BrF3O2/c16-7-1-2-8-13(20)6-15(21-14(8)3-7)9-4-11(18)12(19)5-10(9)17/h1-5,15H,6H2. The van der Waals surface area contributed by atoms with Crippen molar-refractivity contribution in [1.82, 2.24) is 0 Å². The van der Waals surface area contributed by atoms with Crippen LogP contribution in [0.3, 0.4) is 0 Å². The number of benzene rings is 2. The fourth-order valence-corrected chi connectivity index (χ4v) is 2.60. The van der Waals surface area contributed by atoms with Crippen LogP contribution in [-0.2, 0) is 0 Å². The molecule has 0 fully saturated rings. The quantitative estimate of drug-likeness (QED) is 0.699. The van der Waals surface area contributed by atoms with Crippen LogP contribution in [0.2, 0.25) is 0 Å². The van der Waals surface area contributed by atoms with Crippen molar-refractivity contribution >= 4 is 21.7 Å². The monoisotopic (exact) mass is 356 g/mol. The molecule has 1 aliphatic heterocycles. The summed E-state index contributed by atoms with van der Waals surface area (Å²) in [5.74, 6) is -3.35. The lowest BCUT2D eigenvalue weighted by molar-refractivity contribution is 0.0845. The first-order valence-corrected chi connectivity index (χ1v) is 6.89. The van der Waals surface area contributed by atoms with Gasteiger partial charge in [-0.2, -0.15) is 0 Å². The lowest BCUT2D eigenvalue weighted by Gasteiger charge is -2.26. The minimum Gasteiger partial charge on any atom is -0.484 e. The molecule has 2 aromatic rings. The second-order valence-corrected chi connectivity index (χ2v) is 5.58. The zero-order chi connectivity index (χ0) is 15.1. The Morgan fingerprint density at radius 3 is 2.52 bits per heavy atom. The van der Waals surface area contributed by atoms with Gasteiger partial charge in [0.25, 0.3) is 0 Å². The number of halogens is 4. The number of rotatable bonds is 1. The third-order valence-electron chi connectivity index (χ3n) is 3.27. The molecule has 0 N–H and O–H groups in total. The Morgan fingerprint density at radius 2 is 1.76 bits per heavy atom. The van der Waals surface area contributed by atoms with E-state index in [0.29, 0.717) is 16.1 Å². The second-order valence-electron chi connectivity index (χ2n) is 4.66. The van der Waals surface area contributed by atoms with Crippen molar-refractivity contribution in [1.29, 1.82) is 0 Å². The average molecular weight is 357 g/mol. The van der Waals surface area contributed by atoms with Crippen LogP contribution in [0.5, 0.6) is 5.75 Å². The highest BCUT2D eigenvalue weighted by molar-refractivity contribution is 9.10. The van der Waals surface area contributed by atoms with Crippen molar-refractivity contribution in [3.63, 3.8) is 0 Å². The van der Waals surface area contributed by atoms with E-state index in [2.05, 4.69) is 15.9 Å². The van der Waals surface area contributed by atoms with E-state index in [4.69, 9.17) is 4.74 Å². The summed E-state index contributed by atoms with van der Waals surface area (Å²) >= 11 is 3.25. The summed E-state index contributed by atoms with van der Waals surface area (Å²) in [7, 11) is 0. The minimum atomic E-state index is -1.28. The predicted molar refractivity (Wildman–Crippen MR) is 72.8 cm³/mol. The largest absolute Gasteiger partial charge is 0.484 e. The Morgan fingerprint density at radius 1 is 1.05 bits per heavy atom. The van der Waals surface area contributed by atoms with Crippen molar-refractivity contribution in [3.05, 3.63) is 63.4 Å². The van der Waals surface area contributed by atoms with E-state index in [-0.39, 0.29) is 23.5 Å². The van der Waals surface area contributed by atoms with Crippen molar-refractivity contribution in [2.45, 2.75) is 12.5 Å². The number of hydrogen-bond acceptors (Lipinski definition) is 2. The van der Waals surface area contributed by atoms with Gasteiger partial charge in [0.05, 0.1) is 12.0 Å². The third kappa shape index (κ3) is 2.55.